The van der Waals surface area contributed by atoms with Crippen molar-refractivity contribution in [1.82, 2.24) is 9.80 Å². The second-order valence-corrected chi connectivity index (χ2v) is 8.63. The summed E-state index contributed by atoms with van der Waals surface area (Å²) in [5.41, 5.74) is -6.21. The van der Waals surface area contributed by atoms with Crippen LogP contribution in [-0.4, -0.2) is 72.7 Å². The van der Waals surface area contributed by atoms with Gasteiger partial charge in [0, 0.05) is 37.7 Å². The fraction of sp³-hybridized carbons (Fsp3) is 0.650. The molecule has 11 heteroatoms. The van der Waals surface area contributed by atoms with Crippen LogP contribution in [0.15, 0.2) is 24.3 Å². The molecule has 0 bridgehead atoms. The molecule has 0 radical (unpaired) electrons. The van der Waals surface area contributed by atoms with Gasteiger partial charge in [-0.1, -0.05) is 38.1 Å². The third kappa shape index (κ3) is 4.21. The maximum absolute atomic E-state index is 13.1. The summed E-state index contributed by atoms with van der Waals surface area (Å²) >= 11 is 0. The van der Waals surface area contributed by atoms with Crippen molar-refractivity contribution in [1.29, 1.82) is 0 Å². The van der Waals surface area contributed by atoms with Crippen LogP contribution in [0.2, 0.25) is 0 Å². The van der Waals surface area contributed by atoms with E-state index < -0.39 is 28.9 Å². The zero-order valence-electron chi connectivity index (χ0n) is 17.1. The lowest BCUT2D eigenvalue weighted by molar-refractivity contribution is -0.376. The minimum Gasteiger partial charge on any atom is -0.378 e. The highest BCUT2D eigenvalue weighted by Crippen LogP contribution is 2.50. The van der Waals surface area contributed by atoms with Gasteiger partial charge in [0.05, 0.1) is 13.2 Å². The van der Waals surface area contributed by atoms with E-state index in [4.69, 9.17) is 4.74 Å². The molecule has 0 aliphatic carbocycles. The molecule has 2 amide bonds. The van der Waals surface area contributed by atoms with Crippen LogP contribution >= 0.6 is 0 Å². The Kier molecular flexibility index (Phi) is 5.98. The van der Waals surface area contributed by atoms with Gasteiger partial charge in [-0.2, -0.15) is 26.3 Å². The molecule has 31 heavy (non-hydrogen) atoms. The Morgan fingerprint density at radius 2 is 1.52 bits per heavy atom. The van der Waals surface area contributed by atoms with Gasteiger partial charge in [0.25, 0.3) is 5.60 Å². The molecule has 174 valence electrons. The van der Waals surface area contributed by atoms with Crippen molar-refractivity contribution in [2.24, 2.45) is 5.41 Å². The van der Waals surface area contributed by atoms with Gasteiger partial charge in [-0.05, 0) is 11.0 Å². The van der Waals surface area contributed by atoms with Crippen LogP contribution in [-0.2, 0) is 10.3 Å². The number of ether oxygens (including phenoxy) is 1. The van der Waals surface area contributed by atoms with E-state index in [0.717, 1.165) is 12.1 Å². The lowest BCUT2D eigenvalue weighted by atomic mass is 9.77. The van der Waals surface area contributed by atoms with Gasteiger partial charge in [0.15, 0.2) is 0 Å². The number of nitrogens with zero attached hydrogens (tertiary/aromatic N) is 2. The summed E-state index contributed by atoms with van der Waals surface area (Å²) in [5.74, 6) is -0.295. The van der Waals surface area contributed by atoms with Crippen LogP contribution in [0.1, 0.15) is 30.9 Å². The van der Waals surface area contributed by atoms with E-state index in [2.05, 4.69) is 0 Å². The highest BCUT2D eigenvalue weighted by Gasteiger charge is 2.71. The maximum atomic E-state index is 13.1. The Morgan fingerprint density at radius 1 is 1.00 bits per heavy atom. The molecule has 1 N–H and O–H groups in total. The van der Waals surface area contributed by atoms with Crippen molar-refractivity contribution in [3.8, 4) is 0 Å². The van der Waals surface area contributed by atoms with Gasteiger partial charge in [-0.15, -0.1) is 0 Å². The number of alkyl halides is 6. The second kappa shape index (κ2) is 7.84. The molecule has 2 saturated heterocycles. The van der Waals surface area contributed by atoms with Gasteiger partial charge in [0.1, 0.15) is 0 Å². The topological polar surface area (TPSA) is 53.0 Å². The van der Waals surface area contributed by atoms with E-state index in [1.54, 1.807) is 9.80 Å². The molecule has 2 aliphatic heterocycles. The number of amides is 2. The lowest BCUT2D eigenvalue weighted by Crippen LogP contribution is -2.53. The summed E-state index contributed by atoms with van der Waals surface area (Å²) < 4.78 is 83.8. The van der Waals surface area contributed by atoms with Crippen molar-refractivity contribution in [2.45, 2.75) is 37.7 Å². The second-order valence-electron chi connectivity index (χ2n) is 8.63. The summed E-state index contributed by atoms with van der Waals surface area (Å²) in [6.45, 7) is 6.26. The minimum absolute atomic E-state index is 0.168. The molecule has 1 aromatic carbocycles. The van der Waals surface area contributed by atoms with Crippen molar-refractivity contribution in [3.63, 3.8) is 0 Å². The number of hydrogen-bond donors (Lipinski definition) is 1. The Bertz CT molecular complexity index is 787. The van der Waals surface area contributed by atoms with Crippen LogP contribution in [0.25, 0.3) is 0 Å². The average molecular weight is 454 g/mol. The predicted molar refractivity (Wildman–Crippen MR) is 98.3 cm³/mol. The van der Waals surface area contributed by atoms with Gasteiger partial charge < -0.3 is 19.6 Å². The Balaban J connectivity index is 1.84. The molecule has 3 rings (SSSR count). The highest BCUT2D eigenvalue weighted by atomic mass is 19.4. The number of morpholine rings is 1. The Hall–Kier alpha value is -2.01. The Morgan fingerprint density at radius 3 is 2.00 bits per heavy atom. The number of likely N-dealkylation sites (tertiary alicyclic amines) is 1. The summed E-state index contributed by atoms with van der Waals surface area (Å²) in [7, 11) is 0. The highest BCUT2D eigenvalue weighted by molar-refractivity contribution is 5.75. The molecular formula is C20H24F6N2O3. The molecule has 0 spiro atoms. The number of benzene rings is 1. The fourth-order valence-electron chi connectivity index (χ4n) is 4.24. The van der Waals surface area contributed by atoms with E-state index in [0.29, 0.717) is 50.5 Å². The largest absolute Gasteiger partial charge is 0.430 e. The van der Waals surface area contributed by atoms with Crippen LogP contribution < -0.4 is 0 Å². The summed E-state index contributed by atoms with van der Waals surface area (Å²) in [5, 5.41) is 9.56. The molecule has 0 aromatic heterocycles. The molecular weight excluding hydrogens is 430 g/mol. The maximum Gasteiger partial charge on any atom is 0.430 e. The number of urea groups is 1. The quantitative estimate of drug-likeness (QED) is 0.691. The molecule has 1 atom stereocenters. The first-order valence-electron chi connectivity index (χ1n) is 9.76. The summed E-state index contributed by atoms with van der Waals surface area (Å²) in [6, 6.07) is 3.45. The van der Waals surface area contributed by atoms with E-state index in [9.17, 15) is 36.2 Å². The zero-order chi connectivity index (χ0) is 23.2. The third-order valence-corrected chi connectivity index (χ3v) is 6.05. The zero-order valence-corrected chi connectivity index (χ0v) is 17.1. The van der Waals surface area contributed by atoms with E-state index in [1.807, 2.05) is 13.8 Å². The minimum atomic E-state index is -5.93. The van der Waals surface area contributed by atoms with Gasteiger partial charge in [0.2, 0.25) is 0 Å². The third-order valence-electron chi connectivity index (χ3n) is 6.05. The van der Waals surface area contributed by atoms with Crippen molar-refractivity contribution < 1.29 is 41.0 Å². The number of rotatable bonds is 2. The van der Waals surface area contributed by atoms with Crippen molar-refractivity contribution in [2.75, 3.05) is 39.4 Å². The number of carbonyl (C=O) groups is 1. The van der Waals surface area contributed by atoms with Crippen molar-refractivity contribution >= 4 is 6.03 Å². The first-order chi connectivity index (χ1) is 14.2. The van der Waals surface area contributed by atoms with Crippen LogP contribution in [0.3, 0.4) is 0 Å². The molecule has 0 unspecified atom stereocenters. The first-order valence-corrected chi connectivity index (χ1v) is 9.76. The molecule has 5 nitrogen and oxygen atoms in total. The summed E-state index contributed by atoms with van der Waals surface area (Å²) in [4.78, 5) is 16.1. The molecule has 2 heterocycles. The normalized spacial score (nSPS) is 22.7. The van der Waals surface area contributed by atoms with Crippen molar-refractivity contribution in [3.05, 3.63) is 35.4 Å². The van der Waals surface area contributed by atoms with E-state index in [1.165, 1.54) is 0 Å². The molecule has 1 aromatic rings. The van der Waals surface area contributed by atoms with Crippen LogP contribution in [0, 0.1) is 5.41 Å². The smallest absolute Gasteiger partial charge is 0.378 e. The predicted octanol–water partition coefficient (Wildman–Crippen LogP) is 3.88. The Labute approximate surface area is 175 Å². The monoisotopic (exact) mass is 454 g/mol. The standard InChI is InChI=1S/C20H24F6N2O3/c1-17(2)12-28(16(29)27-7-9-31-10-8-27)11-15(17)13-3-5-14(6-4-13)18(30,19(21,22)23)20(24,25)26/h3-6,15,30H,7-12H2,1-2H3/t15-/m1/s1. The number of halogens is 6. The SMILES string of the molecule is CC1(C)CN(C(=O)N2CCOCC2)C[C@@H]1c1ccc(C(O)(C(F)(F)F)C(F)(F)F)cc1. The van der Waals surface area contributed by atoms with Crippen LogP contribution in [0.4, 0.5) is 31.1 Å². The fourth-order valence-corrected chi connectivity index (χ4v) is 4.24. The van der Waals surface area contributed by atoms with E-state index >= 15 is 0 Å². The molecule has 2 fully saturated rings. The van der Waals surface area contributed by atoms with Gasteiger partial charge >= 0.3 is 18.4 Å². The molecule has 0 saturated carbocycles. The van der Waals surface area contributed by atoms with Crippen LogP contribution in [0.5, 0.6) is 0 Å². The summed E-state index contributed by atoms with van der Waals surface area (Å²) in [6.07, 6.45) is -11.9. The lowest BCUT2D eigenvalue weighted by Gasteiger charge is -2.33. The van der Waals surface area contributed by atoms with E-state index in [-0.39, 0.29) is 18.5 Å². The number of carbonyl (C=O) groups excluding carboxylic acids is 1. The average Bonchev–Trinajstić information content (AvgIpc) is 3.01. The first kappa shape index (κ1) is 23.6. The van der Waals surface area contributed by atoms with Gasteiger partial charge in [-0.25, -0.2) is 4.79 Å². The number of aliphatic hydroxyl groups is 1. The molecule has 2 aliphatic rings. The van der Waals surface area contributed by atoms with Gasteiger partial charge in [-0.3, -0.25) is 0 Å². The number of hydrogen-bond acceptors (Lipinski definition) is 3.